The van der Waals surface area contributed by atoms with Gasteiger partial charge in [-0.1, -0.05) is 12.1 Å². The van der Waals surface area contributed by atoms with E-state index in [1.807, 2.05) is 45.0 Å². The van der Waals surface area contributed by atoms with Crippen LogP contribution in [0.15, 0.2) is 35.3 Å². The summed E-state index contributed by atoms with van der Waals surface area (Å²) >= 11 is 0. The van der Waals surface area contributed by atoms with Gasteiger partial charge in [0.15, 0.2) is 0 Å². The molecule has 0 unspecified atom stereocenters. The Balaban J connectivity index is 2.11. The molecule has 5 nitrogen and oxygen atoms in total. The van der Waals surface area contributed by atoms with Crippen LogP contribution in [-0.2, 0) is 13.1 Å². The van der Waals surface area contributed by atoms with Crippen molar-refractivity contribution in [1.82, 2.24) is 9.78 Å². The lowest BCUT2D eigenvalue weighted by Crippen LogP contribution is -2.25. The molecule has 0 saturated heterocycles. The minimum Gasteiger partial charge on any atom is -0.494 e. The van der Waals surface area contributed by atoms with Gasteiger partial charge in [-0.05, 0) is 38.5 Å². The van der Waals surface area contributed by atoms with Gasteiger partial charge in [-0.15, -0.1) is 0 Å². The molecule has 0 spiro atoms. The first-order valence-electron chi connectivity index (χ1n) is 7.18. The lowest BCUT2D eigenvalue weighted by atomic mass is 10.2. The molecular weight excluding hydrogens is 266 g/mol. The van der Waals surface area contributed by atoms with Crippen LogP contribution in [0, 0.1) is 6.92 Å². The quantitative estimate of drug-likeness (QED) is 0.887. The molecular formula is C16H21N3O2. The van der Waals surface area contributed by atoms with Crippen molar-refractivity contribution in [2.24, 2.45) is 0 Å². The molecule has 2 aromatic rings. The third-order valence-corrected chi connectivity index (χ3v) is 3.28. The van der Waals surface area contributed by atoms with Crippen LogP contribution < -0.4 is 15.6 Å². The molecule has 0 saturated carbocycles. The van der Waals surface area contributed by atoms with Crippen LogP contribution >= 0.6 is 0 Å². The van der Waals surface area contributed by atoms with Gasteiger partial charge in [0.25, 0.3) is 5.56 Å². The summed E-state index contributed by atoms with van der Waals surface area (Å²) in [5, 5.41) is 7.39. The number of aryl methyl sites for hydroxylation is 1. The van der Waals surface area contributed by atoms with Crippen molar-refractivity contribution >= 4 is 5.69 Å². The van der Waals surface area contributed by atoms with Crippen molar-refractivity contribution in [3.8, 4) is 5.75 Å². The second-order valence-electron chi connectivity index (χ2n) is 4.74. The Bertz CT molecular complexity index is 665. The molecule has 112 valence electrons. The number of anilines is 1. The summed E-state index contributed by atoms with van der Waals surface area (Å²) in [5.41, 5.74) is 2.50. The predicted molar refractivity (Wildman–Crippen MR) is 83.8 cm³/mol. The van der Waals surface area contributed by atoms with Gasteiger partial charge in [-0.25, -0.2) is 4.68 Å². The average Bonchev–Trinajstić information content (AvgIpc) is 2.50. The van der Waals surface area contributed by atoms with Gasteiger partial charge in [0.05, 0.1) is 18.5 Å². The molecule has 1 aromatic carbocycles. The lowest BCUT2D eigenvalue weighted by Gasteiger charge is -2.11. The van der Waals surface area contributed by atoms with Crippen LogP contribution in [0.25, 0.3) is 0 Å². The number of rotatable bonds is 6. The first-order valence-corrected chi connectivity index (χ1v) is 7.18. The highest BCUT2D eigenvalue weighted by molar-refractivity contribution is 5.47. The van der Waals surface area contributed by atoms with Crippen LogP contribution in [0.4, 0.5) is 5.69 Å². The Morgan fingerprint density at radius 3 is 2.86 bits per heavy atom. The second kappa shape index (κ2) is 6.92. The summed E-state index contributed by atoms with van der Waals surface area (Å²) < 4.78 is 6.93. The lowest BCUT2D eigenvalue weighted by molar-refractivity contribution is 0.340. The van der Waals surface area contributed by atoms with Gasteiger partial charge in [0.2, 0.25) is 0 Å². The van der Waals surface area contributed by atoms with E-state index < -0.39 is 0 Å². The number of nitrogens with zero attached hydrogens (tertiary/aromatic N) is 2. The molecule has 1 heterocycles. The van der Waals surface area contributed by atoms with Crippen molar-refractivity contribution < 1.29 is 4.74 Å². The zero-order valence-corrected chi connectivity index (χ0v) is 12.7. The van der Waals surface area contributed by atoms with E-state index in [4.69, 9.17) is 4.74 Å². The molecule has 0 atom stereocenters. The zero-order valence-electron chi connectivity index (χ0n) is 12.7. The Hall–Kier alpha value is -2.30. The molecule has 0 aliphatic heterocycles. The molecule has 0 amide bonds. The summed E-state index contributed by atoms with van der Waals surface area (Å²) in [4.78, 5) is 12.0. The third kappa shape index (κ3) is 3.62. The van der Waals surface area contributed by atoms with Crippen molar-refractivity contribution in [3.63, 3.8) is 0 Å². The fraction of sp³-hybridized carbons (Fsp3) is 0.375. The number of nitrogens with one attached hydrogen (secondary N) is 1. The van der Waals surface area contributed by atoms with E-state index in [9.17, 15) is 4.79 Å². The second-order valence-corrected chi connectivity index (χ2v) is 4.74. The first-order chi connectivity index (χ1) is 10.2. The third-order valence-electron chi connectivity index (χ3n) is 3.28. The van der Waals surface area contributed by atoms with E-state index in [0.29, 0.717) is 25.3 Å². The number of aromatic nitrogens is 2. The Morgan fingerprint density at radius 2 is 2.14 bits per heavy atom. The van der Waals surface area contributed by atoms with E-state index in [1.165, 1.54) is 4.68 Å². The van der Waals surface area contributed by atoms with Crippen LogP contribution in [-0.4, -0.2) is 16.4 Å². The van der Waals surface area contributed by atoms with Gasteiger partial charge < -0.3 is 10.1 Å². The predicted octanol–water partition coefficient (Wildman–Crippen LogP) is 2.58. The molecule has 0 radical (unpaired) electrons. The highest BCUT2D eigenvalue weighted by Gasteiger charge is 2.06. The summed E-state index contributed by atoms with van der Waals surface area (Å²) in [5.74, 6) is 0.855. The number of hydrogen-bond donors (Lipinski definition) is 1. The van der Waals surface area contributed by atoms with Crippen molar-refractivity contribution in [3.05, 3.63) is 51.9 Å². The number of ether oxygens (including phenoxy) is 1. The molecule has 2 rings (SSSR count). The normalized spacial score (nSPS) is 10.4. The Kier molecular flexibility index (Phi) is 4.98. The van der Waals surface area contributed by atoms with E-state index in [1.54, 1.807) is 6.20 Å². The standard InChI is InChI=1S/C16H21N3O2/c1-4-19-16(20)12(3)15(11-18-19)17-10-13-7-6-8-14(9-13)21-5-2/h6-9,11,17H,4-5,10H2,1-3H3. The minimum absolute atomic E-state index is 0.0504. The largest absolute Gasteiger partial charge is 0.494 e. The monoisotopic (exact) mass is 287 g/mol. The van der Waals surface area contributed by atoms with Crippen molar-refractivity contribution in [2.75, 3.05) is 11.9 Å². The summed E-state index contributed by atoms with van der Waals surface area (Å²) in [6.45, 7) is 7.53. The van der Waals surface area contributed by atoms with Gasteiger partial charge in [-0.2, -0.15) is 5.10 Å². The van der Waals surface area contributed by atoms with Crippen molar-refractivity contribution in [1.29, 1.82) is 0 Å². The van der Waals surface area contributed by atoms with E-state index >= 15 is 0 Å². The van der Waals surface area contributed by atoms with Crippen molar-refractivity contribution in [2.45, 2.75) is 33.9 Å². The van der Waals surface area contributed by atoms with Gasteiger partial charge in [-0.3, -0.25) is 4.79 Å². The summed E-state index contributed by atoms with van der Waals surface area (Å²) in [6.07, 6.45) is 1.70. The highest BCUT2D eigenvalue weighted by Crippen LogP contribution is 2.15. The fourth-order valence-electron chi connectivity index (χ4n) is 2.10. The molecule has 1 N–H and O–H groups in total. The van der Waals surface area contributed by atoms with Crippen LogP contribution in [0.1, 0.15) is 25.0 Å². The van der Waals surface area contributed by atoms with Crippen LogP contribution in [0.2, 0.25) is 0 Å². The Morgan fingerprint density at radius 1 is 1.33 bits per heavy atom. The van der Waals surface area contributed by atoms with E-state index in [-0.39, 0.29) is 5.56 Å². The van der Waals surface area contributed by atoms with Crippen LogP contribution in [0.3, 0.4) is 0 Å². The van der Waals surface area contributed by atoms with Gasteiger partial charge >= 0.3 is 0 Å². The first kappa shape index (κ1) is 15.1. The average molecular weight is 287 g/mol. The van der Waals surface area contributed by atoms with E-state index in [0.717, 1.165) is 17.0 Å². The van der Waals surface area contributed by atoms with E-state index in [2.05, 4.69) is 10.4 Å². The maximum Gasteiger partial charge on any atom is 0.271 e. The SMILES string of the molecule is CCOc1cccc(CNc2cnn(CC)c(=O)c2C)c1. The maximum atomic E-state index is 12.0. The van der Waals surface area contributed by atoms with Gasteiger partial charge in [0.1, 0.15) is 5.75 Å². The van der Waals surface area contributed by atoms with Gasteiger partial charge in [0, 0.05) is 18.7 Å². The zero-order chi connectivity index (χ0) is 15.2. The fourth-order valence-corrected chi connectivity index (χ4v) is 2.10. The smallest absolute Gasteiger partial charge is 0.271 e. The van der Waals surface area contributed by atoms with Crippen LogP contribution in [0.5, 0.6) is 5.75 Å². The Labute approximate surface area is 124 Å². The maximum absolute atomic E-state index is 12.0. The number of hydrogen-bond acceptors (Lipinski definition) is 4. The molecule has 0 aliphatic rings. The topological polar surface area (TPSA) is 56.1 Å². The molecule has 0 bridgehead atoms. The highest BCUT2D eigenvalue weighted by atomic mass is 16.5. The number of benzene rings is 1. The molecule has 5 heteroatoms. The molecule has 0 fully saturated rings. The summed E-state index contributed by atoms with van der Waals surface area (Å²) in [7, 11) is 0. The molecule has 21 heavy (non-hydrogen) atoms. The minimum atomic E-state index is -0.0504. The molecule has 0 aliphatic carbocycles. The molecule has 1 aromatic heterocycles. The summed E-state index contributed by atoms with van der Waals surface area (Å²) in [6, 6.07) is 7.91.